The molecule has 0 aromatic heterocycles. The van der Waals surface area contributed by atoms with Gasteiger partial charge in [-0.15, -0.1) is 0 Å². The number of nitrogens with zero attached hydrogens (tertiary/aromatic N) is 2. The summed E-state index contributed by atoms with van der Waals surface area (Å²) in [6.07, 6.45) is 2.99. The van der Waals surface area contributed by atoms with Crippen molar-refractivity contribution in [3.63, 3.8) is 0 Å². The van der Waals surface area contributed by atoms with Crippen LogP contribution in [0.1, 0.15) is 109 Å². The van der Waals surface area contributed by atoms with E-state index in [1.54, 1.807) is 69.3 Å². The second kappa shape index (κ2) is 35.6. The molecule has 2 aliphatic carbocycles. The number of carbonyl (C=O) groups is 10. The molecule has 2 fully saturated rings. The average molecular weight is 1260 g/mol. The van der Waals surface area contributed by atoms with Gasteiger partial charge < -0.3 is 57.4 Å². The summed E-state index contributed by atoms with van der Waals surface area (Å²) < 4.78 is 59.3. The van der Waals surface area contributed by atoms with Gasteiger partial charge in [0.1, 0.15) is 65.5 Å². The molecule has 0 saturated heterocycles. The minimum absolute atomic E-state index is 0.0448. The van der Waals surface area contributed by atoms with Gasteiger partial charge in [0, 0.05) is 25.0 Å². The number of allylic oxidation sites excluding steroid dienone is 1. The van der Waals surface area contributed by atoms with Gasteiger partial charge in [-0.1, -0.05) is 49.2 Å². The van der Waals surface area contributed by atoms with Crippen molar-refractivity contribution < 1.29 is 100 Å². The third kappa shape index (κ3) is 22.7. The molecule has 0 bridgehead atoms. The predicted octanol–water partition coefficient (Wildman–Crippen LogP) is 8.56. The van der Waals surface area contributed by atoms with Gasteiger partial charge in [-0.05, 0) is 120 Å². The van der Waals surface area contributed by atoms with Crippen LogP contribution in [0.3, 0.4) is 0 Å². The molecule has 90 heavy (non-hydrogen) atoms. The number of ether oxygens (including phenoxy) is 11. The van der Waals surface area contributed by atoms with Gasteiger partial charge in [-0.3, -0.25) is 38.4 Å². The third-order valence-corrected chi connectivity index (χ3v) is 15.5. The fourth-order valence-electron chi connectivity index (χ4n) is 9.38. The number of hydrogen-bond donors (Lipinski definition) is 1. The molecule has 3 atom stereocenters. The number of carbonyl (C=O) groups excluding carboxylic acids is 10. The summed E-state index contributed by atoms with van der Waals surface area (Å²) in [6, 6.07) is 20.0. The Hall–Kier alpha value is -9.33. The summed E-state index contributed by atoms with van der Waals surface area (Å²) in [5.74, 6) is -6.97. The standard InChI is InChI=1S/C65H71N3O21S/c1-6-53(69)82-38-41(5)85-58(74)29-28-56(72)80-33-31-43-10-22-50(23-11-43)87-63(76)45-14-18-47(19-15-45)65(78)89-52-25-24-51(59-60(52)90-61(68-59)48(34-66)35-67)88-64(77)46-16-12-44(13-17-46)62(75)86-49-20-8-42(9-21-49)30-32-79-55(71)26-27-57(73)83-36-39(3)81-37-40(4)84-54(70)7-2/h6-11,20-25,39-41,44-47,68H,1-2,12-19,26-33,36-38H2,3-5H3/t39?,40?,41?,44-,45-,46-,47-. The first-order valence-electron chi connectivity index (χ1n) is 29.4. The second-order valence-corrected chi connectivity index (χ2v) is 22.4. The molecular formula is C65H71N3O21S. The molecule has 3 unspecified atom stereocenters. The monoisotopic (exact) mass is 1260 g/mol. The minimum atomic E-state index is -0.701. The van der Waals surface area contributed by atoms with E-state index in [1.165, 1.54) is 12.1 Å². The number of benzene rings is 3. The van der Waals surface area contributed by atoms with Gasteiger partial charge in [0.15, 0.2) is 11.3 Å². The molecule has 24 nitrogen and oxygen atoms in total. The van der Waals surface area contributed by atoms with Crippen molar-refractivity contribution in [1.82, 2.24) is 0 Å². The van der Waals surface area contributed by atoms with Crippen LogP contribution in [0.15, 0.2) is 101 Å². The van der Waals surface area contributed by atoms with Crippen molar-refractivity contribution in [2.75, 3.05) is 38.4 Å². The van der Waals surface area contributed by atoms with E-state index >= 15 is 0 Å². The van der Waals surface area contributed by atoms with Crippen LogP contribution in [0.4, 0.5) is 5.69 Å². The lowest BCUT2D eigenvalue weighted by Gasteiger charge is -2.26. The zero-order valence-electron chi connectivity index (χ0n) is 50.2. The Bertz CT molecular complexity index is 3210. The van der Waals surface area contributed by atoms with Crippen LogP contribution in [0.2, 0.25) is 0 Å². The number of fused-ring (bicyclic) bond motifs is 1. The summed E-state index contributed by atoms with van der Waals surface area (Å²) in [6.45, 7) is 11.5. The Morgan fingerprint density at radius 3 is 1.39 bits per heavy atom. The SMILES string of the molecule is C=CC(=O)OCC(C)OC(=O)CCC(=O)OCCc1ccc(OC(=O)[C@H]2CC[C@H](C(=O)Oc3ccc(OC(=O)[C@H]4CC[C@H](C(=O)Oc5ccc(CCOC(=O)CCC(=O)OCC(C)OCC(C)OC(=O)C=C)cc5)CC4)c4c3SC(=C(C#N)C#N)N4)CC2)cc1. The topological polar surface area (TPSA) is 332 Å². The number of rotatable bonds is 31. The molecule has 3 aliphatic rings. The first-order valence-corrected chi connectivity index (χ1v) is 30.2. The zero-order valence-corrected chi connectivity index (χ0v) is 51.0. The lowest BCUT2D eigenvalue weighted by molar-refractivity contribution is -0.157. The Kier molecular flexibility index (Phi) is 27.6. The molecule has 0 radical (unpaired) electrons. The molecule has 6 rings (SSSR count). The molecule has 3 aromatic carbocycles. The van der Waals surface area contributed by atoms with E-state index in [0.29, 0.717) is 80.6 Å². The van der Waals surface area contributed by atoms with E-state index < -0.39 is 102 Å². The summed E-state index contributed by atoms with van der Waals surface area (Å²) in [5.41, 5.74) is 1.58. The Labute approximate surface area is 524 Å². The lowest BCUT2D eigenvalue weighted by atomic mass is 9.82. The molecule has 1 aliphatic heterocycles. The Balaban J connectivity index is 0.885. The highest BCUT2D eigenvalue weighted by Gasteiger charge is 2.37. The molecule has 25 heteroatoms. The quantitative estimate of drug-likeness (QED) is 0.0207. The molecule has 1 heterocycles. The van der Waals surface area contributed by atoms with E-state index in [9.17, 15) is 58.5 Å². The Morgan fingerprint density at radius 1 is 0.511 bits per heavy atom. The number of nitrogens with one attached hydrogen (secondary N) is 1. The number of nitriles is 2. The van der Waals surface area contributed by atoms with E-state index in [2.05, 4.69) is 18.5 Å². The molecule has 2 saturated carbocycles. The van der Waals surface area contributed by atoms with Gasteiger partial charge in [0.25, 0.3) is 0 Å². The molecule has 478 valence electrons. The average Bonchev–Trinajstić information content (AvgIpc) is 1.94. The van der Waals surface area contributed by atoms with E-state index in [4.69, 9.17) is 52.1 Å². The second-order valence-electron chi connectivity index (χ2n) is 21.3. The van der Waals surface area contributed by atoms with Crippen molar-refractivity contribution in [3.05, 3.63) is 108 Å². The fourth-order valence-corrected chi connectivity index (χ4v) is 10.4. The maximum absolute atomic E-state index is 13.7. The van der Waals surface area contributed by atoms with E-state index in [-0.39, 0.29) is 86.5 Å². The summed E-state index contributed by atoms with van der Waals surface area (Å²) in [4.78, 5) is 125. The minimum Gasteiger partial charge on any atom is -0.465 e. The van der Waals surface area contributed by atoms with Crippen LogP contribution >= 0.6 is 11.8 Å². The van der Waals surface area contributed by atoms with Crippen molar-refractivity contribution >= 4 is 77.1 Å². The molecule has 0 spiro atoms. The largest absolute Gasteiger partial charge is 0.465 e. The van der Waals surface area contributed by atoms with Crippen LogP contribution in [0, 0.1) is 46.3 Å². The highest BCUT2D eigenvalue weighted by Crippen LogP contribution is 2.52. The maximum Gasteiger partial charge on any atom is 0.330 e. The number of esters is 10. The van der Waals surface area contributed by atoms with Crippen molar-refractivity contribution in [2.45, 2.75) is 134 Å². The summed E-state index contributed by atoms with van der Waals surface area (Å²) >= 11 is 0.972. The number of thioether (sulfide) groups is 1. The van der Waals surface area contributed by atoms with E-state index in [1.807, 2.05) is 12.1 Å². The predicted molar refractivity (Wildman–Crippen MR) is 317 cm³/mol. The number of anilines is 1. The molecule has 0 amide bonds. The van der Waals surface area contributed by atoms with Crippen molar-refractivity contribution in [2.24, 2.45) is 23.7 Å². The molecule has 1 N–H and O–H groups in total. The first-order chi connectivity index (χ1) is 43.2. The molecule has 3 aromatic rings. The van der Waals surface area contributed by atoms with Crippen LogP contribution in [-0.4, -0.2) is 111 Å². The van der Waals surface area contributed by atoms with Crippen LogP contribution in [0.25, 0.3) is 0 Å². The lowest BCUT2D eigenvalue weighted by Crippen LogP contribution is -2.30. The van der Waals surface area contributed by atoms with Gasteiger partial charge >= 0.3 is 59.7 Å². The highest BCUT2D eigenvalue weighted by atomic mass is 32.2. The van der Waals surface area contributed by atoms with Gasteiger partial charge in [-0.25, -0.2) is 9.59 Å². The molecular weight excluding hydrogens is 1190 g/mol. The van der Waals surface area contributed by atoms with E-state index in [0.717, 1.165) is 35.0 Å². The third-order valence-electron chi connectivity index (χ3n) is 14.4. The van der Waals surface area contributed by atoms with Crippen molar-refractivity contribution in [1.29, 1.82) is 10.5 Å². The van der Waals surface area contributed by atoms with Crippen LogP contribution < -0.4 is 24.3 Å². The fraction of sp³-hybridized carbons (Fsp3) is 0.446. The van der Waals surface area contributed by atoms with Crippen molar-refractivity contribution in [3.8, 4) is 35.1 Å². The first kappa shape index (κ1) is 69.8. The summed E-state index contributed by atoms with van der Waals surface area (Å²) in [7, 11) is 0. The van der Waals surface area contributed by atoms with Crippen LogP contribution in [-0.2, 0) is 93.9 Å². The van der Waals surface area contributed by atoms with Gasteiger partial charge in [-0.2, -0.15) is 10.5 Å². The van der Waals surface area contributed by atoms with Crippen LogP contribution in [0.5, 0.6) is 23.0 Å². The Morgan fingerprint density at radius 2 is 0.922 bits per heavy atom. The smallest absolute Gasteiger partial charge is 0.330 e. The van der Waals surface area contributed by atoms with Gasteiger partial charge in [0.2, 0.25) is 0 Å². The zero-order chi connectivity index (χ0) is 65.1. The van der Waals surface area contributed by atoms with Gasteiger partial charge in [0.05, 0.1) is 80.2 Å². The normalized spacial score (nSPS) is 17.4. The number of hydrogen-bond acceptors (Lipinski definition) is 25. The summed E-state index contributed by atoms with van der Waals surface area (Å²) in [5, 5.41) is 22.5. The highest BCUT2D eigenvalue weighted by molar-refractivity contribution is 8.03. The maximum atomic E-state index is 13.7.